The summed E-state index contributed by atoms with van der Waals surface area (Å²) in [7, 11) is 0. The number of rotatable bonds is 5. The average Bonchev–Trinajstić information content (AvgIpc) is 3.05. The summed E-state index contributed by atoms with van der Waals surface area (Å²) in [6.07, 6.45) is 3.82. The zero-order chi connectivity index (χ0) is 11.5. The Balaban J connectivity index is 2.06. The fourth-order valence-corrected chi connectivity index (χ4v) is 2.38. The van der Waals surface area contributed by atoms with Gasteiger partial charge in [0.1, 0.15) is 5.75 Å². The molecule has 0 saturated heterocycles. The number of hydrogen-bond donors (Lipinski definition) is 1. The van der Waals surface area contributed by atoms with Crippen molar-refractivity contribution in [3.05, 3.63) is 28.2 Å². The van der Waals surface area contributed by atoms with E-state index in [0.717, 1.165) is 22.6 Å². The van der Waals surface area contributed by atoms with Crippen LogP contribution in [-0.4, -0.2) is 6.61 Å². The van der Waals surface area contributed by atoms with Gasteiger partial charge in [-0.25, -0.2) is 0 Å². The minimum absolute atomic E-state index is 0.166. The van der Waals surface area contributed by atoms with E-state index in [1.807, 2.05) is 13.0 Å². The van der Waals surface area contributed by atoms with Crippen LogP contribution in [0.3, 0.4) is 0 Å². The molecule has 1 aliphatic carbocycles. The number of benzene rings is 1. The van der Waals surface area contributed by atoms with E-state index in [0.29, 0.717) is 6.61 Å². The van der Waals surface area contributed by atoms with Gasteiger partial charge < -0.3 is 10.5 Å². The minimum Gasteiger partial charge on any atom is -0.493 e. The Morgan fingerprint density at radius 1 is 1.50 bits per heavy atom. The summed E-state index contributed by atoms with van der Waals surface area (Å²) in [5.41, 5.74) is 7.36. The molecule has 0 amide bonds. The molecule has 16 heavy (non-hydrogen) atoms. The van der Waals surface area contributed by atoms with Crippen molar-refractivity contribution in [1.82, 2.24) is 0 Å². The Morgan fingerprint density at radius 3 is 2.81 bits per heavy atom. The van der Waals surface area contributed by atoms with Crippen LogP contribution in [0, 0.1) is 5.92 Å². The van der Waals surface area contributed by atoms with Crippen LogP contribution in [0.4, 0.5) is 0 Å². The summed E-state index contributed by atoms with van der Waals surface area (Å²) >= 11 is 3.52. The fourth-order valence-electron chi connectivity index (χ4n) is 1.87. The van der Waals surface area contributed by atoms with Gasteiger partial charge in [0, 0.05) is 6.04 Å². The van der Waals surface area contributed by atoms with Crippen molar-refractivity contribution < 1.29 is 4.74 Å². The molecule has 0 bridgehead atoms. The average molecular weight is 284 g/mol. The molecule has 1 saturated carbocycles. The van der Waals surface area contributed by atoms with Gasteiger partial charge in [0.15, 0.2) is 0 Å². The normalized spacial score (nSPS) is 17.2. The van der Waals surface area contributed by atoms with Crippen molar-refractivity contribution in [2.75, 3.05) is 6.61 Å². The van der Waals surface area contributed by atoms with Crippen LogP contribution in [0.2, 0.25) is 0 Å². The molecule has 1 aromatic rings. The first-order valence-corrected chi connectivity index (χ1v) is 6.67. The van der Waals surface area contributed by atoms with Crippen molar-refractivity contribution in [2.45, 2.75) is 32.2 Å². The highest BCUT2D eigenvalue weighted by molar-refractivity contribution is 9.10. The molecule has 1 atom stereocenters. The second-order valence-corrected chi connectivity index (χ2v) is 5.26. The largest absolute Gasteiger partial charge is 0.493 e. The molecule has 0 aromatic heterocycles. The van der Waals surface area contributed by atoms with Crippen LogP contribution in [0.5, 0.6) is 5.75 Å². The van der Waals surface area contributed by atoms with Crippen LogP contribution < -0.4 is 10.5 Å². The van der Waals surface area contributed by atoms with Crippen LogP contribution in [0.15, 0.2) is 22.7 Å². The van der Waals surface area contributed by atoms with Crippen molar-refractivity contribution >= 4 is 15.9 Å². The molecule has 2 N–H and O–H groups in total. The third-order valence-electron chi connectivity index (χ3n) is 2.97. The molecule has 1 aromatic carbocycles. The Morgan fingerprint density at radius 2 is 2.25 bits per heavy atom. The van der Waals surface area contributed by atoms with E-state index in [1.54, 1.807) is 0 Å². The maximum atomic E-state index is 6.17. The van der Waals surface area contributed by atoms with Gasteiger partial charge >= 0.3 is 0 Å². The van der Waals surface area contributed by atoms with Crippen LogP contribution in [0.1, 0.15) is 37.8 Å². The standard InChI is InChI=1S/C13H18BrNO/c1-2-16-13-6-5-10(8-11(13)14)12(15)7-9-3-4-9/h5-6,8-9,12H,2-4,7,15H2,1H3. The number of halogens is 1. The van der Waals surface area contributed by atoms with E-state index >= 15 is 0 Å². The molecule has 0 radical (unpaired) electrons. The maximum absolute atomic E-state index is 6.17. The topological polar surface area (TPSA) is 35.2 Å². The van der Waals surface area contributed by atoms with Gasteiger partial charge in [0.2, 0.25) is 0 Å². The molecular formula is C13H18BrNO. The lowest BCUT2D eigenvalue weighted by atomic mass is 10.0. The summed E-state index contributed by atoms with van der Waals surface area (Å²) in [4.78, 5) is 0. The van der Waals surface area contributed by atoms with E-state index in [-0.39, 0.29) is 6.04 Å². The van der Waals surface area contributed by atoms with Gasteiger partial charge in [-0.2, -0.15) is 0 Å². The quantitative estimate of drug-likeness (QED) is 0.895. The van der Waals surface area contributed by atoms with Crippen LogP contribution in [0.25, 0.3) is 0 Å². The maximum Gasteiger partial charge on any atom is 0.133 e. The van der Waals surface area contributed by atoms with E-state index in [1.165, 1.54) is 18.4 Å². The summed E-state index contributed by atoms with van der Waals surface area (Å²) < 4.78 is 6.48. The third kappa shape index (κ3) is 2.98. The number of hydrogen-bond acceptors (Lipinski definition) is 2. The third-order valence-corrected chi connectivity index (χ3v) is 3.59. The number of ether oxygens (including phenoxy) is 1. The van der Waals surface area contributed by atoms with Gasteiger partial charge in [-0.15, -0.1) is 0 Å². The van der Waals surface area contributed by atoms with Gasteiger partial charge in [-0.1, -0.05) is 18.9 Å². The zero-order valence-electron chi connectivity index (χ0n) is 9.58. The Labute approximate surface area is 105 Å². The molecule has 2 nitrogen and oxygen atoms in total. The molecule has 1 aliphatic rings. The highest BCUT2D eigenvalue weighted by Gasteiger charge is 2.24. The highest BCUT2D eigenvalue weighted by atomic mass is 79.9. The first kappa shape index (κ1) is 11.9. The van der Waals surface area contributed by atoms with E-state index < -0.39 is 0 Å². The van der Waals surface area contributed by atoms with Gasteiger partial charge in [-0.05, 0) is 52.9 Å². The second kappa shape index (κ2) is 5.19. The smallest absolute Gasteiger partial charge is 0.133 e. The Hall–Kier alpha value is -0.540. The lowest BCUT2D eigenvalue weighted by molar-refractivity contribution is 0.338. The molecular weight excluding hydrogens is 266 g/mol. The monoisotopic (exact) mass is 283 g/mol. The SMILES string of the molecule is CCOc1ccc(C(N)CC2CC2)cc1Br. The van der Waals surface area contributed by atoms with Crippen molar-refractivity contribution in [3.63, 3.8) is 0 Å². The van der Waals surface area contributed by atoms with Gasteiger partial charge in [-0.3, -0.25) is 0 Å². The van der Waals surface area contributed by atoms with Gasteiger partial charge in [0.05, 0.1) is 11.1 Å². The lowest BCUT2D eigenvalue weighted by Gasteiger charge is -2.13. The van der Waals surface area contributed by atoms with Gasteiger partial charge in [0.25, 0.3) is 0 Å². The van der Waals surface area contributed by atoms with Crippen molar-refractivity contribution in [2.24, 2.45) is 11.7 Å². The van der Waals surface area contributed by atoms with Crippen molar-refractivity contribution in [3.8, 4) is 5.75 Å². The molecule has 2 rings (SSSR count). The Kier molecular flexibility index (Phi) is 3.87. The van der Waals surface area contributed by atoms with E-state index in [4.69, 9.17) is 10.5 Å². The molecule has 3 heteroatoms. The summed E-state index contributed by atoms with van der Waals surface area (Å²) in [5, 5.41) is 0. The first-order valence-electron chi connectivity index (χ1n) is 5.88. The highest BCUT2D eigenvalue weighted by Crippen LogP contribution is 2.37. The number of nitrogens with two attached hydrogens (primary N) is 1. The molecule has 1 unspecified atom stereocenters. The summed E-state index contributed by atoms with van der Waals surface area (Å²) in [6, 6.07) is 6.32. The fraction of sp³-hybridized carbons (Fsp3) is 0.538. The van der Waals surface area contributed by atoms with E-state index in [9.17, 15) is 0 Å². The molecule has 1 fully saturated rings. The predicted octanol–water partition coefficient (Wildman–Crippen LogP) is 3.65. The first-order chi connectivity index (χ1) is 7.70. The Bertz CT molecular complexity index is 363. The van der Waals surface area contributed by atoms with Crippen molar-refractivity contribution in [1.29, 1.82) is 0 Å². The second-order valence-electron chi connectivity index (χ2n) is 4.41. The lowest BCUT2D eigenvalue weighted by Crippen LogP contribution is -2.11. The van der Waals surface area contributed by atoms with E-state index in [2.05, 4.69) is 28.1 Å². The molecule has 0 heterocycles. The summed E-state index contributed by atoms with van der Waals surface area (Å²) in [6.45, 7) is 2.67. The van der Waals surface area contributed by atoms with Crippen LogP contribution >= 0.6 is 15.9 Å². The predicted molar refractivity (Wildman–Crippen MR) is 69.6 cm³/mol. The summed E-state index contributed by atoms with van der Waals surface area (Å²) in [5.74, 6) is 1.75. The molecule has 0 aliphatic heterocycles. The molecule has 88 valence electrons. The van der Waals surface area contributed by atoms with Crippen LogP contribution in [-0.2, 0) is 0 Å². The molecule has 0 spiro atoms. The zero-order valence-corrected chi connectivity index (χ0v) is 11.2. The minimum atomic E-state index is 0.166.